The Hall–Kier alpha value is -2.66. The van der Waals surface area contributed by atoms with E-state index in [1.165, 1.54) is 0 Å². The number of hydrogen-bond donors (Lipinski definition) is 1. The van der Waals surface area contributed by atoms with Crippen LogP contribution in [0.5, 0.6) is 0 Å². The van der Waals surface area contributed by atoms with E-state index in [-0.39, 0.29) is 0 Å². The molecule has 1 heterocycles. The van der Waals surface area contributed by atoms with Gasteiger partial charge in [-0.05, 0) is 74.9 Å². The average Bonchev–Trinajstić information content (AvgIpc) is 2.79. The monoisotopic (exact) mass is 464 g/mol. The van der Waals surface area contributed by atoms with E-state index < -0.39 is 0 Å². The van der Waals surface area contributed by atoms with E-state index >= 15 is 0 Å². The number of aryl methyl sites for hydroxylation is 1. The summed E-state index contributed by atoms with van der Waals surface area (Å²) in [5, 5.41) is 5.66. The van der Waals surface area contributed by atoms with Gasteiger partial charge >= 0.3 is 0 Å². The van der Waals surface area contributed by atoms with Gasteiger partial charge in [-0.2, -0.15) is 0 Å². The molecule has 0 saturated heterocycles. The van der Waals surface area contributed by atoms with E-state index in [4.69, 9.17) is 33.2 Å². The minimum Gasteiger partial charge on any atom is -0.369 e. The van der Waals surface area contributed by atoms with Crippen LogP contribution < -0.4 is 5.32 Å². The maximum Gasteiger partial charge on any atom is 0.162 e. The van der Waals surface area contributed by atoms with Crippen molar-refractivity contribution in [3.8, 4) is 22.5 Å². The Kier molecular flexibility index (Phi) is 6.95. The van der Waals surface area contributed by atoms with Gasteiger partial charge in [0.05, 0.1) is 15.6 Å². The lowest BCUT2D eigenvalue weighted by atomic mass is 10.0. The standard InChI is InChI=1S/C26H26Cl2N4/c1-17-7-4-10-21-24(17)30-25(31-26(21)29-13-6-14-32(2)3)20-9-5-8-18(15-20)19-11-12-22(27)23(28)16-19/h4-5,7-12,15-16H,6,13-14H2,1-3H3,(H,29,30,31). The molecule has 0 aliphatic heterocycles. The van der Waals surface area contributed by atoms with Crippen LogP contribution in [0.1, 0.15) is 12.0 Å². The highest BCUT2D eigenvalue weighted by Crippen LogP contribution is 2.32. The van der Waals surface area contributed by atoms with Crippen molar-refractivity contribution in [2.75, 3.05) is 32.5 Å². The Labute approximate surface area is 199 Å². The summed E-state index contributed by atoms with van der Waals surface area (Å²) in [5.74, 6) is 1.57. The molecule has 3 aromatic carbocycles. The molecule has 0 spiro atoms. The Morgan fingerprint density at radius 1 is 0.844 bits per heavy atom. The van der Waals surface area contributed by atoms with Gasteiger partial charge in [-0.1, -0.05) is 59.6 Å². The zero-order valence-electron chi connectivity index (χ0n) is 18.5. The van der Waals surface area contributed by atoms with Crippen molar-refractivity contribution in [3.05, 3.63) is 76.3 Å². The van der Waals surface area contributed by atoms with E-state index in [2.05, 4.69) is 61.6 Å². The predicted octanol–water partition coefficient (Wildman–Crippen LogP) is 6.94. The first-order valence-electron chi connectivity index (χ1n) is 10.6. The van der Waals surface area contributed by atoms with Crippen molar-refractivity contribution >= 4 is 39.9 Å². The van der Waals surface area contributed by atoms with Crippen molar-refractivity contribution in [2.45, 2.75) is 13.3 Å². The van der Waals surface area contributed by atoms with Gasteiger partial charge in [0, 0.05) is 17.5 Å². The Balaban J connectivity index is 1.74. The first kappa shape index (κ1) is 22.5. The molecule has 4 aromatic rings. The van der Waals surface area contributed by atoms with Crippen LogP contribution in [0.15, 0.2) is 60.7 Å². The number of aromatic nitrogens is 2. The zero-order chi connectivity index (χ0) is 22.7. The molecule has 0 saturated carbocycles. The molecule has 0 bridgehead atoms. The summed E-state index contributed by atoms with van der Waals surface area (Å²) in [7, 11) is 4.17. The van der Waals surface area contributed by atoms with Gasteiger partial charge in [0.2, 0.25) is 0 Å². The summed E-state index contributed by atoms with van der Waals surface area (Å²) >= 11 is 12.3. The molecule has 32 heavy (non-hydrogen) atoms. The van der Waals surface area contributed by atoms with E-state index in [9.17, 15) is 0 Å². The highest BCUT2D eigenvalue weighted by atomic mass is 35.5. The van der Waals surface area contributed by atoms with Crippen molar-refractivity contribution in [3.63, 3.8) is 0 Å². The van der Waals surface area contributed by atoms with Crippen LogP contribution in [-0.4, -0.2) is 42.1 Å². The van der Waals surface area contributed by atoms with E-state index in [0.29, 0.717) is 15.9 Å². The van der Waals surface area contributed by atoms with Crippen LogP contribution in [0.25, 0.3) is 33.4 Å². The highest BCUT2D eigenvalue weighted by Gasteiger charge is 2.12. The molecule has 0 amide bonds. The number of fused-ring (bicyclic) bond motifs is 1. The van der Waals surface area contributed by atoms with Gasteiger partial charge in [0.25, 0.3) is 0 Å². The molecule has 0 unspecified atom stereocenters. The molecule has 164 valence electrons. The summed E-state index contributed by atoms with van der Waals surface area (Å²) in [6.07, 6.45) is 1.03. The second-order valence-electron chi connectivity index (χ2n) is 8.16. The number of benzene rings is 3. The molecule has 0 atom stereocenters. The molecular weight excluding hydrogens is 439 g/mol. The molecule has 0 aliphatic rings. The molecule has 1 N–H and O–H groups in total. The Morgan fingerprint density at radius 2 is 1.59 bits per heavy atom. The molecule has 4 nitrogen and oxygen atoms in total. The average molecular weight is 465 g/mol. The fourth-order valence-corrected chi connectivity index (χ4v) is 3.97. The van der Waals surface area contributed by atoms with Gasteiger partial charge in [-0.15, -0.1) is 0 Å². The van der Waals surface area contributed by atoms with Crippen molar-refractivity contribution < 1.29 is 0 Å². The van der Waals surface area contributed by atoms with Gasteiger partial charge in [-0.25, -0.2) is 9.97 Å². The number of hydrogen-bond acceptors (Lipinski definition) is 4. The lowest BCUT2D eigenvalue weighted by Crippen LogP contribution is -2.17. The number of halogens is 2. The first-order valence-corrected chi connectivity index (χ1v) is 11.4. The van der Waals surface area contributed by atoms with Crippen molar-refractivity contribution in [2.24, 2.45) is 0 Å². The van der Waals surface area contributed by atoms with Crippen LogP contribution in [0.2, 0.25) is 10.0 Å². The second kappa shape index (κ2) is 9.86. The number of para-hydroxylation sites is 1. The minimum absolute atomic E-state index is 0.538. The highest BCUT2D eigenvalue weighted by molar-refractivity contribution is 6.42. The zero-order valence-corrected chi connectivity index (χ0v) is 20.0. The molecule has 0 radical (unpaired) electrons. The summed E-state index contributed by atoms with van der Waals surface area (Å²) in [6.45, 7) is 3.95. The lowest BCUT2D eigenvalue weighted by molar-refractivity contribution is 0.405. The molecular formula is C26H26Cl2N4. The lowest BCUT2D eigenvalue weighted by Gasteiger charge is -2.14. The van der Waals surface area contributed by atoms with Gasteiger partial charge in [0.1, 0.15) is 5.82 Å². The Bertz CT molecular complexity index is 1250. The maximum absolute atomic E-state index is 6.24. The predicted molar refractivity (Wildman–Crippen MR) is 137 cm³/mol. The van der Waals surface area contributed by atoms with Crippen LogP contribution >= 0.6 is 23.2 Å². The fourth-order valence-electron chi connectivity index (χ4n) is 3.67. The number of rotatable bonds is 7. The topological polar surface area (TPSA) is 41.0 Å². The van der Waals surface area contributed by atoms with Crippen molar-refractivity contribution in [1.29, 1.82) is 0 Å². The quantitative estimate of drug-likeness (QED) is 0.300. The summed E-state index contributed by atoms with van der Waals surface area (Å²) in [4.78, 5) is 12.0. The SMILES string of the molecule is Cc1cccc2c(NCCCN(C)C)nc(-c3cccc(-c4ccc(Cl)c(Cl)c4)c3)nc12. The third-order valence-corrected chi connectivity index (χ3v) is 6.12. The van der Waals surface area contributed by atoms with Crippen molar-refractivity contribution in [1.82, 2.24) is 14.9 Å². The van der Waals surface area contributed by atoms with E-state index in [1.54, 1.807) is 0 Å². The number of nitrogens with zero attached hydrogens (tertiary/aromatic N) is 3. The second-order valence-corrected chi connectivity index (χ2v) is 8.97. The normalized spacial score (nSPS) is 11.3. The number of anilines is 1. The van der Waals surface area contributed by atoms with Gasteiger partial charge < -0.3 is 10.2 Å². The van der Waals surface area contributed by atoms with Crippen LogP contribution in [0.4, 0.5) is 5.82 Å². The third kappa shape index (κ3) is 5.04. The molecule has 6 heteroatoms. The van der Waals surface area contributed by atoms with Gasteiger partial charge in [-0.3, -0.25) is 0 Å². The summed E-state index contributed by atoms with van der Waals surface area (Å²) in [6, 6.07) is 20.1. The third-order valence-electron chi connectivity index (χ3n) is 5.38. The molecule has 4 rings (SSSR count). The number of nitrogens with one attached hydrogen (secondary N) is 1. The molecule has 0 aliphatic carbocycles. The van der Waals surface area contributed by atoms with E-state index in [1.807, 2.05) is 30.3 Å². The first-order chi connectivity index (χ1) is 15.4. The summed E-state index contributed by atoms with van der Waals surface area (Å²) in [5.41, 5.74) is 5.08. The van der Waals surface area contributed by atoms with E-state index in [0.717, 1.165) is 58.5 Å². The van der Waals surface area contributed by atoms with Crippen LogP contribution in [-0.2, 0) is 0 Å². The Morgan fingerprint density at radius 3 is 2.38 bits per heavy atom. The largest absolute Gasteiger partial charge is 0.369 e. The van der Waals surface area contributed by atoms with Crippen LogP contribution in [0.3, 0.4) is 0 Å². The summed E-state index contributed by atoms with van der Waals surface area (Å²) < 4.78 is 0. The molecule has 1 aromatic heterocycles. The molecule has 0 fully saturated rings. The minimum atomic E-state index is 0.538. The maximum atomic E-state index is 6.24. The van der Waals surface area contributed by atoms with Gasteiger partial charge in [0.15, 0.2) is 5.82 Å². The smallest absolute Gasteiger partial charge is 0.162 e. The fraction of sp³-hybridized carbons (Fsp3) is 0.231. The van der Waals surface area contributed by atoms with Crippen LogP contribution in [0, 0.1) is 6.92 Å².